The zero-order valence-corrected chi connectivity index (χ0v) is 24.6. The number of benzene rings is 1. The molecule has 0 radical (unpaired) electrons. The number of imidazole rings is 1. The number of hydrogen-bond acceptors (Lipinski definition) is 7. The van der Waals surface area contributed by atoms with E-state index in [0.717, 1.165) is 42.2 Å². The number of urea groups is 1. The third-order valence-corrected chi connectivity index (χ3v) is 9.66. The van der Waals surface area contributed by atoms with Crippen molar-refractivity contribution in [1.82, 2.24) is 29.2 Å². The molecular weight excluding hydrogens is 544 g/mol. The van der Waals surface area contributed by atoms with Crippen LogP contribution in [0.1, 0.15) is 37.4 Å². The van der Waals surface area contributed by atoms with E-state index in [1.165, 1.54) is 10.5 Å². The van der Waals surface area contributed by atoms with E-state index in [0.29, 0.717) is 25.9 Å². The van der Waals surface area contributed by atoms with Gasteiger partial charge in [0.05, 0.1) is 12.5 Å². The maximum absolute atomic E-state index is 13.6. The highest BCUT2D eigenvalue weighted by Gasteiger charge is 2.52. The van der Waals surface area contributed by atoms with Crippen LogP contribution in [-0.4, -0.2) is 74.0 Å². The molecule has 1 aromatic carbocycles. The Kier molecular flexibility index (Phi) is 6.48. The van der Waals surface area contributed by atoms with Crippen LogP contribution in [0.3, 0.4) is 0 Å². The molecular formula is C32H36N8O3. The minimum Gasteiger partial charge on any atom is -0.370 e. The highest BCUT2D eigenvalue weighted by molar-refractivity contribution is 6.07. The standard InChI is InChI=1S/C32H36N8O3/c1-23-18-25(37-12-8-31(2,21-37)24-6-4-3-5-7-24)19-27(41)39(23)16-17-40-29(42)32(35-30(40)43)9-13-36(14-10-32)28-26-20-33-22-38(26)15-11-34-28/h3-7,11,15,18-20,22H,8-10,12-14,16-17,21H2,1-2H3,(H,35,43). The number of hydrogen-bond donors (Lipinski definition) is 1. The van der Waals surface area contributed by atoms with Gasteiger partial charge in [-0.3, -0.25) is 14.5 Å². The lowest BCUT2D eigenvalue weighted by atomic mass is 9.82. The summed E-state index contributed by atoms with van der Waals surface area (Å²) in [5.74, 6) is 0.604. The van der Waals surface area contributed by atoms with E-state index in [1.807, 2.05) is 29.7 Å². The van der Waals surface area contributed by atoms with Crippen molar-refractivity contribution in [3.05, 3.63) is 89.0 Å². The molecule has 11 nitrogen and oxygen atoms in total. The molecule has 1 spiro atoms. The van der Waals surface area contributed by atoms with Crippen molar-refractivity contribution in [3.8, 4) is 0 Å². The third kappa shape index (κ3) is 4.63. The molecule has 4 aromatic rings. The van der Waals surface area contributed by atoms with Crippen LogP contribution in [0, 0.1) is 6.92 Å². The van der Waals surface area contributed by atoms with Gasteiger partial charge in [-0.1, -0.05) is 37.3 Å². The summed E-state index contributed by atoms with van der Waals surface area (Å²) < 4.78 is 3.57. The predicted molar refractivity (Wildman–Crippen MR) is 163 cm³/mol. The van der Waals surface area contributed by atoms with Gasteiger partial charge >= 0.3 is 6.03 Å². The highest BCUT2D eigenvalue weighted by atomic mass is 16.2. The van der Waals surface area contributed by atoms with Crippen molar-refractivity contribution in [2.24, 2.45) is 0 Å². The van der Waals surface area contributed by atoms with Crippen LogP contribution in [0.25, 0.3) is 5.52 Å². The Hall–Kier alpha value is -4.67. The Morgan fingerprint density at radius 3 is 2.49 bits per heavy atom. The molecule has 7 rings (SSSR count). The number of amides is 3. The summed E-state index contributed by atoms with van der Waals surface area (Å²) >= 11 is 0. The van der Waals surface area contributed by atoms with Gasteiger partial charge in [0.2, 0.25) is 0 Å². The van der Waals surface area contributed by atoms with E-state index in [1.54, 1.807) is 29.4 Å². The minimum absolute atomic E-state index is 0.0308. The van der Waals surface area contributed by atoms with Crippen LogP contribution in [0.5, 0.6) is 0 Å². The summed E-state index contributed by atoms with van der Waals surface area (Å²) in [5, 5.41) is 2.98. The van der Waals surface area contributed by atoms with Crippen LogP contribution in [0.4, 0.5) is 16.3 Å². The second-order valence-corrected chi connectivity index (χ2v) is 12.3. The first-order valence-corrected chi connectivity index (χ1v) is 14.9. The van der Waals surface area contributed by atoms with Crippen molar-refractivity contribution in [2.75, 3.05) is 42.5 Å². The molecule has 43 heavy (non-hydrogen) atoms. The Balaban J connectivity index is 1.01. The third-order valence-electron chi connectivity index (χ3n) is 9.66. The molecule has 0 aliphatic carbocycles. The number of imide groups is 1. The Morgan fingerprint density at radius 2 is 1.72 bits per heavy atom. The number of aryl methyl sites for hydroxylation is 1. The molecule has 0 bridgehead atoms. The fourth-order valence-electron chi connectivity index (χ4n) is 7.04. The largest absolute Gasteiger partial charge is 0.370 e. The lowest BCUT2D eigenvalue weighted by molar-refractivity contribution is -0.132. The van der Waals surface area contributed by atoms with E-state index in [4.69, 9.17) is 0 Å². The molecule has 3 aliphatic heterocycles. The Morgan fingerprint density at radius 1 is 0.953 bits per heavy atom. The van der Waals surface area contributed by atoms with Crippen LogP contribution in [0.2, 0.25) is 0 Å². The van der Waals surface area contributed by atoms with Gasteiger partial charge < -0.3 is 24.1 Å². The summed E-state index contributed by atoms with van der Waals surface area (Å²) in [5.41, 5.74) is 2.93. The topological polar surface area (TPSA) is 108 Å². The normalized spacial score (nSPS) is 21.8. The number of rotatable bonds is 6. The van der Waals surface area contributed by atoms with Crippen molar-refractivity contribution < 1.29 is 9.59 Å². The molecule has 6 heterocycles. The smallest absolute Gasteiger partial charge is 0.325 e. The Bertz CT molecular complexity index is 1760. The summed E-state index contributed by atoms with van der Waals surface area (Å²) in [7, 11) is 0. The van der Waals surface area contributed by atoms with Crippen molar-refractivity contribution in [1.29, 1.82) is 0 Å². The summed E-state index contributed by atoms with van der Waals surface area (Å²) in [6, 6.07) is 13.9. The maximum atomic E-state index is 13.6. The van der Waals surface area contributed by atoms with Crippen molar-refractivity contribution in [3.63, 3.8) is 0 Å². The van der Waals surface area contributed by atoms with Crippen LogP contribution < -0.4 is 20.7 Å². The average Bonchev–Trinajstić information content (AvgIpc) is 3.71. The van der Waals surface area contributed by atoms with Crippen molar-refractivity contribution in [2.45, 2.75) is 50.6 Å². The maximum Gasteiger partial charge on any atom is 0.325 e. The number of aromatic nitrogens is 4. The molecule has 222 valence electrons. The number of nitrogens with one attached hydrogen (secondary N) is 1. The summed E-state index contributed by atoms with van der Waals surface area (Å²) in [6.07, 6.45) is 9.08. The number of fused-ring (bicyclic) bond motifs is 1. The molecule has 1 atom stereocenters. The molecule has 1 N–H and O–H groups in total. The fraction of sp³-hybridized carbons (Fsp3) is 0.406. The van der Waals surface area contributed by atoms with Gasteiger partial charge in [-0.15, -0.1) is 0 Å². The molecule has 3 aromatic heterocycles. The van der Waals surface area contributed by atoms with Gasteiger partial charge in [-0.25, -0.2) is 14.8 Å². The van der Waals surface area contributed by atoms with Crippen LogP contribution >= 0.6 is 0 Å². The van der Waals surface area contributed by atoms with E-state index < -0.39 is 11.6 Å². The summed E-state index contributed by atoms with van der Waals surface area (Å²) in [4.78, 5) is 54.3. The number of carbonyl (C=O) groups is 2. The van der Waals surface area contributed by atoms with E-state index in [9.17, 15) is 14.4 Å². The molecule has 3 fully saturated rings. The molecule has 11 heteroatoms. The van der Waals surface area contributed by atoms with E-state index in [-0.39, 0.29) is 30.0 Å². The number of anilines is 2. The molecule has 1 unspecified atom stereocenters. The van der Waals surface area contributed by atoms with Gasteiger partial charge in [0.1, 0.15) is 11.1 Å². The second-order valence-electron chi connectivity index (χ2n) is 12.3. The number of piperidine rings is 1. The lowest BCUT2D eigenvalue weighted by Crippen LogP contribution is -2.55. The first kappa shape index (κ1) is 27.2. The Labute approximate surface area is 249 Å². The lowest BCUT2D eigenvalue weighted by Gasteiger charge is -2.38. The van der Waals surface area contributed by atoms with E-state index in [2.05, 4.69) is 56.3 Å². The quantitative estimate of drug-likeness (QED) is 0.350. The average molecular weight is 581 g/mol. The zero-order valence-electron chi connectivity index (χ0n) is 24.6. The predicted octanol–water partition coefficient (Wildman–Crippen LogP) is 2.96. The van der Waals surface area contributed by atoms with Gasteiger partial charge in [0.15, 0.2) is 5.82 Å². The second kappa shape index (κ2) is 10.3. The fourth-order valence-corrected chi connectivity index (χ4v) is 7.04. The first-order chi connectivity index (χ1) is 20.8. The first-order valence-electron chi connectivity index (χ1n) is 14.9. The molecule has 3 aliphatic rings. The molecule has 3 saturated heterocycles. The highest BCUT2D eigenvalue weighted by Crippen LogP contribution is 2.36. The molecule has 3 amide bonds. The number of carbonyl (C=O) groups excluding carboxylic acids is 2. The molecule has 0 saturated carbocycles. The van der Waals surface area contributed by atoms with Crippen LogP contribution in [0.15, 0.2) is 72.2 Å². The van der Waals surface area contributed by atoms with Crippen molar-refractivity contribution >= 4 is 29.0 Å². The SMILES string of the molecule is Cc1cc(N2CCC(C)(c3ccccc3)C2)cc(=O)n1CCN1C(=O)NC2(CCN(c3nccn4cncc34)CC2)C1=O. The monoisotopic (exact) mass is 580 g/mol. The number of pyridine rings is 1. The van der Waals surface area contributed by atoms with E-state index >= 15 is 0 Å². The van der Waals surface area contributed by atoms with Gasteiger partial charge in [0, 0.05) is 74.5 Å². The number of nitrogens with zero attached hydrogens (tertiary/aromatic N) is 7. The van der Waals surface area contributed by atoms with Gasteiger partial charge in [-0.2, -0.15) is 0 Å². The zero-order chi connectivity index (χ0) is 29.8. The van der Waals surface area contributed by atoms with Gasteiger partial charge in [0.25, 0.3) is 11.5 Å². The minimum atomic E-state index is -0.927. The van der Waals surface area contributed by atoms with Gasteiger partial charge in [-0.05, 0) is 37.8 Å². The summed E-state index contributed by atoms with van der Waals surface area (Å²) in [6.45, 7) is 7.47. The van der Waals surface area contributed by atoms with Crippen LogP contribution in [-0.2, 0) is 16.8 Å².